The first kappa shape index (κ1) is 25.0. The van der Waals surface area contributed by atoms with Gasteiger partial charge in [0.1, 0.15) is 11.5 Å². The van der Waals surface area contributed by atoms with Crippen molar-refractivity contribution in [3.8, 4) is 28.8 Å². The molecule has 184 valence electrons. The average Bonchev–Trinajstić information content (AvgIpc) is 3.31. The SMILES string of the molecule is CCCCC(Oc1ccc(C#N)cc1)Oc1ccc(-c2nc(NC)sc2CN2CCOCC2)cc1. The Morgan fingerprint density at radius 2 is 1.74 bits per heavy atom. The minimum Gasteiger partial charge on any atom is -0.455 e. The van der Waals surface area contributed by atoms with Gasteiger partial charge in [0.2, 0.25) is 6.29 Å². The number of ether oxygens (including phenoxy) is 3. The lowest BCUT2D eigenvalue weighted by Crippen LogP contribution is -2.35. The van der Waals surface area contributed by atoms with E-state index in [1.54, 1.807) is 23.5 Å². The van der Waals surface area contributed by atoms with Gasteiger partial charge in [0.15, 0.2) is 5.13 Å². The fourth-order valence-corrected chi connectivity index (χ4v) is 4.85. The lowest BCUT2D eigenvalue weighted by atomic mass is 10.1. The first-order valence-electron chi connectivity index (χ1n) is 12.1. The largest absolute Gasteiger partial charge is 0.455 e. The summed E-state index contributed by atoms with van der Waals surface area (Å²) in [7, 11) is 1.91. The zero-order chi connectivity index (χ0) is 24.5. The summed E-state index contributed by atoms with van der Waals surface area (Å²) in [6.07, 6.45) is 2.43. The normalized spacial score (nSPS) is 14.8. The second kappa shape index (κ2) is 12.5. The smallest absolute Gasteiger partial charge is 0.241 e. The fraction of sp³-hybridized carbons (Fsp3) is 0.407. The Kier molecular flexibility index (Phi) is 8.96. The summed E-state index contributed by atoms with van der Waals surface area (Å²) < 4.78 is 17.8. The van der Waals surface area contributed by atoms with Crippen LogP contribution < -0.4 is 14.8 Å². The maximum Gasteiger partial charge on any atom is 0.241 e. The number of rotatable bonds is 11. The second-order valence-corrected chi connectivity index (χ2v) is 9.48. The monoisotopic (exact) mass is 492 g/mol. The molecule has 0 bridgehead atoms. The average molecular weight is 493 g/mol. The van der Waals surface area contributed by atoms with E-state index < -0.39 is 6.29 Å². The molecule has 1 saturated heterocycles. The molecule has 3 aromatic rings. The maximum absolute atomic E-state index is 9.01. The number of nitrogens with one attached hydrogen (secondary N) is 1. The maximum atomic E-state index is 9.01. The van der Waals surface area contributed by atoms with Crippen molar-refractivity contribution in [1.82, 2.24) is 9.88 Å². The molecule has 1 fully saturated rings. The van der Waals surface area contributed by atoms with Crippen molar-refractivity contribution >= 4 is 16.5 Å². The lowest BCUT2D eigenvalue weighted by Gasteiger charge is -2.26. The highest BCUT2D eigenvalue weighted by Crippen LogP contribution is 2.33. The van der Waals surface area contributed by atoms with Gasteiger partial charge in [-0.2, -0.15) is 5.26 Å². The molecule has 4 rings (SSSR count). The number of morpholine rings is 1. The number of unbranched alkanes of at least 4 members (excludes halogenated alkanes) is 1. The Morgan fingerprint density at radius 1 is 1.09 bits per heavy atom. The van der Waals surface area contributed by atoms with Gasteiger partial charge < -0.3 is 19.5 Å². The molecular formula is C27H32N4O3S. The Hall–Kier alpha value is -3.12. The van der Waals surface area contributed by atoms with Gasteiger partial charge in [-0.3, -0.25) is 4.90 Å². The molecule has 8 heteroatoms. The zero-order valence-corrected chi connectivity index (χ0v) is 21.1. The Balaban J connectivity index is 1.46. The molecule has 0 radical (unpaired) electrons. The van der Waals surface area contributed by atoms with E-state index >= 15 is 0 Å². The Labute approximate surface area is 211 Å². The highest BCUT2D eigenvalue weighted by molar-refractivity contribution is 7.16. The second-order valence-electron chi connectivity index (χ2n) is 8.40. The summed E-state index contributed by atoms with van der Waals surface area (Å²) in [4.78, 5) is 8.48. The van der Waals surface area contributed by atoms with Gasteiger partial charge in [0.05, 0.1) is 30.5 Å². The molecule has 1 aliphatic rings. The summed E-state index contributed by atoms with van der Waals surface area (Å²) in [5.74, 6) is 1.44. The predicted octanol–water partition coefficient (Wildman–Crippen LogP) is 5.53. The van der Waals surface area contributed by atoms with Crippen molar-refractivity contribution in [2.24, 2.45) is 0 Å². The summed E-state index contributed by atoms with van der Waals surface area (Å²) in [5, 5.41) is 13.1. The topological polar surface area (TPSA) is 79.6 Å². The van der Waals surface area contributed by atoms with Crippen molar-refractivity contribution in [2.75, 3.05) is 38.7 Å². The number of thiazole rings is 1. The van der Waals surface area contributed by atoms with Gasteiger partial charge in [0, 0.05) is 43.5 Å². The number of anilines is 1. The van der Waals surface area contributed by atoms with Crippen LogP contribution in [-0.4, -0.2) is 49.5 Å². The molecule has 0 amide bonds. The van der Waals surface area contributed by atoms with E-state index in [1.165, 1.54) is 4.88 Å². The first-order valence-corrected chi connectivity index (χ1v) is 12.9. The third-order valence-electron chi connectivity index (χ3n) is 5.82. The van der Waals surface area contributed by atoms with E-state index in [9.17, 15) is 0 Å². The van der Waals surface area contributed by atoms with Crippen molar-refractivity contribution in [1.29, 1.82) is 5.26 Å². The van der Waals surface area contributed by atoms with Crippen LogP contribution >= 0.6 is 11.3 Å². The molecule has 0 spiro atoms. The fourth-order valence-electron chi connectivity index (χ4n) is 3.87. The minimum absolute atomic E-state index is 0.402. The number of hydrogen-bond acceptors (Lipinski definition) is 8. The quantitative estimate of drug-likeness (QED) is 0.353. The molecule has 2 heterocycles. The van der Waals surface area contributed by atoms with Crippen molar-refractivity contribution in [3.05, 3.63) is 59.0 Å². The van der Waals surface area contributed by atoms with Crippen LogP contribution in [0.1, 0.15) is 36.6 Å². The molecule has 7 nitrogen and oxygen atoms in total. The molecular weight excluding hydrogens is 460 g/mol. The number of nitriles is 1. The zero-order valence-electron chi connectivity index (χ0n) is 20.3. The first-order chi connectivity index (χ1) is 17.2. The molecule has 1 atom stereocenters. The van der Waals surface area contributed by atoms with Gasteiger partial charge in [-0.05, 0) is 55.0 Å². The summed E-state index contributed by atoms with van der Waals surface area (Å²) >= 11 is 1.70. The van der Waals surface area contributed by atoms with Crippen LogP contribution in [-0.2, 0) is 11.3 Å². The molecule has 35 heavy (non-hydrogen) atoms. The van der Waals surface area contributed by atoms with Gasteiger partial charge >= 0.3 is 0 Å². The molecule has 1 aromatic heterocycles. The standard InChI is InChI=1S/C27H32N4O3S/c1-3-4-5-25(33-22-10-6-20(18-28)7-11-22)34-23-12-8-21(9-13-23)26-24(35-27(29-2)30-26)19-31-14-16-32-17-15-31/h6-13,25H,3-5,14-17,19H2,1-2H3,(H,29,30). The molecule has 0 saturated carbocycles. The van der Waals surface area contributed by atoms with Crippen LogP contribution in [0, 0.1) is 11.3 Å². The van der Waals surface area contributed by atoms with E-state index in [2.05, 4.69) is 35.3 Å². The predicted molar refractivity (Wildman–Crippen MR) is 139 cm³/mol. The Bertz CT molecular complexity index is 1100. The van der Waals surface area contributed by atoms with Gasteiger partial charge in [0.25, 0.3) is 0 Å². The van der Waals surface area contributed by atoms with E-state index in [-0.39, 0.29) is 0 Å². The molecule has 1 N–H and O–H groups in total. The summed E-state index contributed by atoms with van der Waals surface area (Å²) in [6.45, 7) is 6.46. The highest BCUT2D eigenvalue weighted by atomic mass is 32.1. The minimum atomic E-state index is -0.402. The van der Waals surface area contributed by atoms with Crippen LogP contribution in [0.3, 0.4) is 0 Å². The van der Waals surface area contributed by atoms with Gasteiger partial charge in [-0.15, -0.1) is 11.3 Å². The molecule has 1 unspecified atom stereocenters. The number of aromatic nitrogens is 1. The molecule has 2 aromatic carbocycles. The summed E-state index contributed by atoms with van der Waals surface area (Å²) in [5.41, 5.74) is 2.68. The van der Waals surface area contributed by atoms with Gasteiger partial charge in [-0.25, -0.2) is 4.98 Å². The van der Waals surface area contributed by atoms with E-state index in [0.29, 0.717) is 11.3 Å². The summed E-state index contributed by atoms with van der Waals surface area (Å²) in [6, 6.07) is 17.3. The molecule has 1 aliphatic heterocycles. The number of nitrogens with zero attached hydrogens (tertiary/aromatic N) is 3. The van der Waals surface area contributed by atoms with E-state index in [4.69, 9.17) is 24.5 Å². The van der Waals surface area contributed by atoms with E-state index in [1.807, 2.05) is 31.3 Å². The third-order valence-corrected chi connectivity index (χ3v) is 6.88. The van der Waals surface area contributed by atoms with Crippen LogP contribution in [0.4, 0.5) is 5.13 Å². The van der Waals surface area contributed by atoms with Crippen LogP contribution in [0.15, 0.2) is 48.5 Å². The van der Waals surface area contributed by atoms with E-state index in [0.717, 1.165) is 74.2 Å². The lowest BCUT2D eigenvalue weighted by molar-refractivity contribution is -0.00211. The molecule has 0 aliphatic carbocycles. The van der Waals surface area contributed by atoms with Crippen molar-refractivity contribution < 1.29 is 14.2 Å². The Morgan fingerprint density at radius 3 is 2.34 bits per heavy atom. The van der Waals surface area contributed by atoms with Crippen LogP contribution in [0.5, 0.6) is 11.5 Å². The number of benzene rings is 2. The van der Waals surface area contributed by atoms with Crippen LogP contribution in [0.25, 0.3) is 11.3 Å². The number of hydrogen-bond donors (Lipinski definition) is 1. The highest BCUT2D eigenvalue weighted by Gasteiger charge is 2.18. The third kappa shape index (κ3) is 6.95. The van der Waals surface area contributed by atoms with Crippen LogP contribution in [0.2, 0.25) is 0 Å². The van der Waals surface area contributed by atoms with Crippen molar-refractivity contribution in [2.45, 2.75) is 39.0 Å². The van der Waals surface area contributed by atoms with Gasteiger partial charge in [-0.1, -0.05) is 13.3 Å². The van der Waals surface area contributed by atoms with Crippen molar-refractivity contribution in [3.63, 3.8) is 0 Å².